The molecule has 1 fully saturated rings. The number of halogens is 1. The largest absolute Gasteiger partial charge is 0.329 e. The monoisotopic (exact) mass is 253 g/mol. The van der Waals surface area contributed by atoms with Crippen molar-refractivity contribution in [2.24, 2.45) is 5.73 Å². The van der Waals surface area contributed by atoms with Gasteiger partial charge in [-0.2, -0.15) is 0 Å². The highest BCUT2D eigenvalue weighted by Gasteiger charge is 2.27. The van der Waals surface area contributed by atoms with Gasteiger partial charge in [0.1, 0.15) is 5.82 Å². The molecule has 2 heterocycles. The number of rotatable bonds is 1. The Bertz CT molecular complexity index is 407. The van der Waals surface area contributed by atoms with Crippen LogP contribution in [0, 0.1) is 0 Å². The van der Waals surface area contributed by atoms with Gasteiger partial charge in [-0.25, -0.2) is 4.98 Å². The van der Waals surface area contributed by atoms with Crippen molar-refractivity contribution in [1.82, 2.24) is 9.55 Å². The van der Waals surface area contributed by atoms with Crippen molar-refractivity contribution in [2.75, 3.05) is 0 Å². The highest BCUT2D eigenvalue weighted by molar-refractivity contribution is 6.30. The summed E-state index contributed by atoms with van der Waals surface area (Å²) >= 11 is 6.26. The lowest BCUT2D eigenvalue weighted by Gasteiger charge is -2.26. The summed E-state index contributed by atoms with van der Waals surface area (Å²) in [6, 6.07) is 0.273. The minimum atomic E-state index is 0.273. The normalized spacial score (nSPS) is 25.9. The maximum atomic E-state index is 6.26. The molecule has 1 unspecified atom stereocenters. The fraction of sp³-hybridized carbons (Fsp3) is 0.769. The van der Waals surface area contributed by atoms with E-state index in [1.165, 1.54) is 43.6 Å². The summed E-state index contributed by atoms with van der Waals surface area (Å²) in [6.07, 6.45) is 8.59. The van der Waals surface area contributed by atoms with Crippen LogP contribution in [0.3, 0.4) is 0 Å². The molecule has 1 saturated carbocycles. The molecule has 3 rings (SSSR count). The molecular formula is C13H20ClN3. The predicted octanol–water partition coefficient (Wildman–Crippen LogP) is 2.86. The Labute approximate surface area is 107 Å². The topological polar surface area (TPSA) is 43.8 Å². The molecule has 0 saturated heterocycles. The lowest BCUT2D eigenvalue weighted by Crippen LogP contribution is -2.33. The van der Waals surface area contributed by atoms with Crippen LogP contribution in [0.25, 0.3) is 0 Å². The van der Waals surface area contributed by atoms with E-state index in [-0.39, 0.29) is 6.04 Å². The SMILES string of the molecule is NC1CCc2c(Cl)nc(C3CCCCC3)n2C1. The summed E-state index contributed by atoms with van der Waals surface area (Å²) in [5, 5.41) is 0.720. The second-order valence-electron chi connectivity index (χ2n) is 5.45. The van der Waals surface area contributed by atoms with E-state index in [9.17, 15) is 0 Å². The average Bonchev–Trinajstić information content (AvgIpc) is 2.67. The van der Waals surface area contributed by atoms with Gasteiger partial charge in [-0.3, -0.25) is 0 Å². The summed E-state index contributed by atoms with van der Waals surface area (Å²) in [7, 11) is 0. The second kappa shape index (κ2) is 4.62. The Balaban J connectivity index is 1.93. The van der Waals surface area contributed by atoms with Crippen LogP contribution < -0.4 is 5.73 Å². The van der Waals surface area contributed by atoms with Crippen molar-refractivity contribution in [3.05, 3.63) is 16.7 Å². The van der Waals surface area contributed by atoms with Crippen LogP contribution in [0.1, 0.15) is 56.0 Å². The van der Waals surface area contributed by atoms with Crippen molar-refractivity contribution in [1.29, 1.82) is 0 Å². The molecule has 0 amide bonds. The number of nitrogens with zero attached hydrogens (tertiary/aromatic N) is 2. The standard InChI is InChI=1S/C13H20ClN3/c14-12-11-7-6-10(15)8-17(11)13(16-12)9-4-2-1-3-5-9/h9-10H,1-8,15H2. The maximum absolute atomic E-state index is 6.26. The van der Waals surface area contributed by atoms with Crippen molar-refractivity contribution in [3.8, 4) is 0 Å². The van der Waals surface area contributed by atoms with Crippen LogP contribution >= 0.6 is 11.6 Å². The molecule has 17 heavy (non-hydrogen) atoms. The van der Waals surface area contributed by atoms with Gasteiger partial charge >= 0.3 is 0 Å². The van der Waals surface area contributed by atoms with E-state index in [4.69, 9.17) is 17.3 Å². The number of hydrogen-bond acceptors (Lipinski definition) is 2. The summed E-state index contributed by atoms with van der Waals surface area (Å²) in [5.74, 6) is 1.82. The maximum Gasteiger partial charge on any atom is 0.150 e. The lowest BCUT2D eigenvalue weighted by atomic mass is 9.88. The Morgan fingerprint density at radius 3 is 2.71 bits per heavy atom. The van der Waals surface area contributed by atoms with Gasteiger partial charge in [0.05, 0.1) is 5.69 Å². The van der Waals surface area contributed by atoms with Crippen molar-refractivity contribution >= 4 is 11.6 Å². The molecule has 2 N–H and O–H groups in total. The first-order chi connectivity index (χ1) is 8.25. The van der Waals surface area contributed by atoms with Gasteiger partial charge in [-0.15, -0.1) is 0 Å². The number of fused-ring (bicyclic) bond motifs is 1. The third-order valence-electron chi connectivity index (χ3n) is 4.19. The van der Waals surface area contributed by atoms with Gasteiger partial charge in [0.25, 0.3) is 0 Å². The minimum absolute atomic E-state index is 0.273. The van der Waals surface area contributed by atoms with E-state index in [0.29, 0.717) is 5.92 Å². The zero-order chi connectivity index (χ0) is 11.8. The van der Waals surface area contributed by atoms with Gasteiger partial charge in [0, 0.05) is 18.5 Å². The number of nitrogens with two attached hydrogens (primary N) is 1. The fourth-order valence-corrected chi connectivity index (χ4v) is 3.52. The zero-order valence-electron chi connectivity index (χ0n) is 10.2. The van der Waals surface area contributed by atoms with E-state index in [1.807, 2.05) is 0 Å². The second-order valence-corrected chi connectivity index (χ2v) is 5.81. The molecule has 1 atom stereocenters. The van der Waals surface area contributed by atoms with Crippen LogP contribution in [0.5, 0.6) is 0 Å². The van der Waals surface area contributed by atoms with Gasteiger partial charge < -0.3 is 10.3 Å². The predicted molar refractivity (Wildman–Crippen MR) is 69.4 cm³/mol. The fourth-order valence-electron chi connectivity index (χ4n) is 3.24. The van der Waals surface area contributed by atoms with Crippen LogP contribution in [0.2, 0.25) is 5.15 Å². The molecule has 94 valence electrons. The lowest BCUT2D eigenvalue weighted by molar-refractivity contribution is 0.389. The molecule has 0 bridgehead atoms. The summed E-state index contributed by atoms with van der Waals surface area (Å²) in [6.45, 7) is 0.904. The Morgan fingerprint density at radius 1 is 1.18 bits per heavy atom. The summed E-state index contributed by atoms with van der Waals surface area (Å²) in [4.78, 5) is 4.62. The highest BCUT2D eigenvalue weighted by atomic mass is 35.5. The first kappa shape index (κ1) is 11.5. The average molecular weight is 254 g/mol. The molecule has 0 aromatic carbocycles. The van der Waals surface area contributed by atoms with Crippen LogP contribution in [0.15, 0.2) is 0 Å². The summed E-state index contributed by atoms with van der Waals surface area (Å²) in [5.41, 5.74) is 7.28. The molecule has 1 aromatic heterocycles. The molecule has 1 aliphatic carbocycles. The summed E-state index contributed by atoms with van der Waals surface area (Å²) < 4.78 is 2.31. The van der Waals surface area contributed by atoms with Gasteiger partial charge in [-0.1, -0.05) is 30.9 Å². The minimum Gasteiger partial charge on any atom is -0.329 e. The van der Waals surface area contributed by atoms with E-state index in [1.54, 1.807) is 0 Å². The van der Waals surface area contributed by atoms with Crippen molar-refractivity contribution < 1.29 is 0 Å². The molecule has 0 radical (unpaired) electrons. The Morgan fingerprint density at radius 2 is 1.94 bits per heavy atom. The van der Waals surface area contributed by atoms with Gasteiger partial charge in [-0.05, 0) is 25.7 Å². The van der Waals surface area contributed by atoms with Gasteiger partial charge in [0.2, 0.25) is 0 Å². The molecular weight excluding hydrogens is 234 g/mol. The molecule has 4 heteroatoms. The first-order valence-corrected chi connectivity index (χ1v) is 7.14. The molecule has 0 spiro atoms. The van der Waals surface area contributed by atoms with E-state index >= 15 is 0 Å². The first-order valence-electron chi connectivity index (χ1n) is 6.76. The third-order valence-corrected chi connectivity index (χ3v) is 4.50. The highest BCUT2D eigenvalue weighted by Crippen LogP contribution is 2.35. The van der Waals surface area contributed by atoms with E-state index in [0.717, 1.165) is 24.5 Å². The Kier molecular flexibility index (Phi) is 3.14. The number of hydrogen-bond donors (Lipinski definition) is 1. The molecule has 3 nitrogen and oxygen atoms in total. The van der Waals surface area contributed by atoms with Crippen LogP contribution in [-0.2, 0) is 13.0 Å². The van der Waals surface area contributed by atoms with Crippen LogP contribution in [0.4, 0.5) is 0 Å². The van der Waals surface area contributed by atoms with Crippen LogP contribution in [-0.4, -0.2) is 15.6 Å². The zero-order valence-corrected chi connectivity index (χ0v) is 10.9. The number of aromatic nitrogens is 2. The quantitative estimate of drug-likeness (QED) is 0.837. The molecule has 1 aromatic rings. The Hall–Kier alpha value is -0.540. The molecule has 2 aliphatic rings. The van der Waals surface area contributed by atoms with E-state index in [2.05, 4.69) is 9.55 Å². The van der Waals surface area contributed by atoms with Gasteiger partial charge in [0.15, 0.2) is 5.15 Å². The van der Waals surface area contributed by atoms with Crippen molar-refractivity contribution in [3.63, 3.8) is 0 Å². The smallest absolute Gasteiger partial charge is 0.150 e. The molecule has 1 aliphatic heterocycles. The van der Waals surface area contributed by atoms with E-state index < -0.39 is 0 Å². The van der Waals surface area contributed by atoms with Crippen molar-refractivity contribution in [2.45, 2.75) is 63.5 Å². The number of imidazole rings is 1. The third kappa shape index (κ3) is 2.11.